The van der Waals surface area contributed by atoms with Gasteiger partial charge in [0.25, 0.3) is 0 Å². The van der Waals surface area contributed by atoms with Crippen LogP contribution in [0.4, 0.5) is 5.82 Å². The number of hydrogen-bond donors (Lipinski definition) is 1. The van der Waals surface area contributed by atoms with E-state index in [0.717, 1.165) is 30.0 Å². The average Bonchev–Trinajstić information content (AvgIpc) is 2.97. The number of nitriles is 1. The van der Waals surface area contributed by atoms with E-state index in [1.807, 2.05) is 66.7 Å². The molecule has 0 aliphatic heterocycles. The van der Waals surface area contributed by atoms with Crippen molar-refractivity contribution in [3.05, 3.63) is 125 Å². The second-order valence-electron chi connectivity index (χ2n) is 9.03. The van der Waals surface area contributed by atoms with Crippen LogP contribution in [0.2, 0.25) is 5.02 Å². The van der Waals surface area contributed by atoms with Crippen LogP contribution in [-0.2, 0) is 5.60 Å². The molecule has 6 heteroatoms. The number of halogens is 1. The Bertz CT molecular complexity index is 1630. The van der Waals surface area contributed by atoms with E-state index in [9.17, 15) is 10.4 Å². The minimum absolute atomic E-state index is 0.514. The van der Waals surface area contributed by atoms with Gasteiger partial charge in [0, 0.05) is 47.0 Å². The molecule has 1 atom stereocenters. The topological polar surface area (TPSA) is 73.0 Å². The fourth-order valence-electron chi connectivity index (χ4n) is 5.01. The molecule has 1 unspecified atom stereocenters. The molecule has 0 aliphatic rings. The van der Waals surface area contributed by atoms with Crippen molar-refractivity contribution in [2.24, 2.45) is 0 Å². The van der Waals surface area contributed by atoms with Gasteiger partial charge in [0.15, 0.2) is 0 Å². The molecule has 2 heterocycles. The van der Waals surface area contributed by atoms with Gasteiger partial charge in [-0.2, -0.15) is 5.26 Å². The molecule has 5 nitrogen and oxygen atoms in total. The number of hydrogen-bond acceptors (Lipinski definition) is 5. The van der Waals surface area contributed by atoms with Gasteiger partial charge in [-0.05, 0) is 60.9 Å². The highest BCUT2D eigenvalue weighted by molar-refractivity contribution is 6.30. The molecule has 0 bridgehead atoms. The van der Waals surface area contributed by atoms with E-state index in [2.05, 4.69) is 29.8 Å². The summed E-state index contributed by atoms with van der Waals surface area (Å²) in [4.78, 5) is 11.5. The highest BCUT2D eigenvalue weighted by atomic mass is 35.5. The summed E-state index contributed by atoms with van der Waals surface area (Å²) < 4.78 is 0. The van der Waals surface area contributed by atoms with Crippen molar-refractivity contribution in [1.29, 1.82) is 5.26 Å². The maximum Gasteiger partial charge on any atom is 0.142 e. The van der Waals surface area contributed by atoms with Gasteiger partial charge in [-0.15, -0.1) is 0 Å². The third kappa shape index (κ3) is 4.39. The summed E-state index contributed by atoms with van der Waals surface area (Å²) in [6, 6.07) is 28.7. The second kappa shape index (κ2) is 10.6. The number of aliphatic hydroxyl groups is 1. The highest BCUT2D eigenvalue weighted by Crippen LogP contribution is 2.41. The maximum absolute atomic E-state index is 12.4. The Morgan fingerprint density at radius 2 is 1.63 bits per heavy atom. The van der Waals surface area contributed by atoms with Gasteiger partial charge >= 0.3 is 0 Å². The molecule has 0 radical (unpaired) electrons. The van der Waals surface area contributed by atoms with Gasteiger partial charge in [0.05, 0.1) is 11.1 Å². The Kier molecular flexibility index (Phi) is 7.11. The number of rotatable bonds is 7. The standard InChI is InChI=1S/C32H27ClN4O/c1-3-37(4-2)31-30(22-10-6-5-7-11-22)28(20-34)27-19-24(15-16-29(27)36-31)32(38,25-13-9-17-35-21-25)23-12-8-14-26(33)18-23/h5-19,21,38H,3-4H2,1-2H3. The van der Waals surface area contributed by atoms with Crippen LogP contribution >= 0.6 is 11.6 Å². The third-order valence-corrected chi connectivity index (χ3v) is 7.18. The van der Waals surface area contributed by atoms with Gasteiger partial charge < -0.3 is 10.0 Å². The van der Waals surface area contributed by atoms with E-state index in [1.165, 1.54) is 0 Å². The molecule has 188 valence electrons. The Morgan fingerprint density at radius 3 is 2.29 bits per heavy atom. The zero-order chi connectivity index (χ0) is 26.7. The van der Waals surface area contributed by atoms with E-state index in [-0.39, 0.29) is 0 Å². The molecule has 0 saturated carbocycles. The Balaban J connectivity index is 1.84. The van der Waals surface area contributed by atoms with E-state index in [1.54, 1.807) is 30.6 Å². The van der Waals surface area contributed by atoms with Gasteiger partial charge in [0.2, 0.25) is 0 Å². The largest absolute Gasteiger partial charge is 0.376 e. The summed E-state index contributed by atoms with van der Waals surface area (Å²) in [6.07, 6.45) is 3.31. The van der Waals surface area contributed by atoms with Crippen LogP contribution in [0.3, 0.4) is 0 Å². The van der Waals surface area contributed by atoms with Crippen LogP contribution in [0.15, 0.2) is 97.3 Å². The monoisotopic (exact) mass is 518 g/mol. The lowest BCUT2D eigenvalue weighted by molar-refractivity contribution is 0.125. The maximum atomic E-state index is 12.4. The van der Waals surface area contributed by atoms with Gasteiger partial charge in [-0.25, -0.2) is 4.98 Å². The van der Waals surface area contributed by atoms with Crippen LogP contribution in [0.25, 0.3) is 22.0 Å². The normalized spacial score (nSPS) is 12.6. The lowest BCUT2D eigenvalue weighted by Gasteiger charge is -2.30. The van der Waals surface area contributed by atoms with Crippen LogP contribution in [0.5, 0.6) is 0 Å². The van der Waals surface area contributed by atoms with Crippen molar-refractivity contribution < 1.29 is 5.11 Å². The predicted octanol–water partition coefficient (Wildman–Crippen LogP) is 6.95. The lowest BCUT2D eigenvalue weighted by atomic mass is 9.80. The summed E-state index contributed by atoms with van der Waals surface area (Å²) in [5, 5.41) is 24.1. The summed E-state index contributed by atoms with van der Waals surface area (Å²) in [5.74, 6) is 0.773. The molecule has 0 spiro atoms. The summed E-state index contributed by atoms with van der Waals surface area (Å²) >= 11 is 6.35. The average molecular weight is 519 g/mol. The number of pyridine rings is 2. The number of benzene rings is 3. The fourth-order valence-corrected chi connectivity index (χ4v) is 5.20. The molecule has 38 heavy (non-hydrogen) atoms. The van der Waals surface area contributed by atoms with Crippen LogP contribution in [0.1, 0.15) is 36.1 Å². The van der Waals surface area contributed by atoms with Gasteiger partial charge in [-0.3, -0.25) is 4.98 Å². The van der Waals surface area contributed by atoms with E-state index >= 15 is 0 Å². The minimum Gasteiger partial charge on any atom is -0.376 e. The zero-order valence-electron chi connectivity index (χ0n) is 21.3. The third-order valence-electron chi connectivity index (χ3n) is 6.94. The summed E-state index contributed by atoms with van der Waals surface area (Å²) in [6.45, 7) is 5.68. The highest BCUT2D eigenvalue weighted by Gasteiger charge is 2.35. The van der Waals surface area contributed by atoms with Crippen molar-refractivity contribution in [1.82, 2.24) is 9.97 Å². The van der Waals surface area contributed by atoms with E-state index in [0.29, 0.717) is 38.2 Å². The van der Waals surface area contributed by atoms with Crippen molar-refractivity contribution >= 4 is 28.3 Å². The van der Waals surface area contributed by atoms with Gasteiger partial charge in [-0.1, -0.05) is 66.2 Å². The molecule has 0 fully saturated rings. The molecular weight excluding hydrogens is 492 g/mol. The molecule has 0 amide bonds. The molecular formula is C32H27ClN4O. The molecule has 5 rings (SSSR count). The molecule has 1 N–H and O–H groups in total. The number of fused-ring (bicyclic) bond motifs is 1. The smallest absolute Gasteiger partial charge is 0.142 e. The molecule has 2 aromatic heterocycles. The number of anilines is 1. The van der Waals surface area contributed by atoms with E-state index < -0.39 is 5.60 Å². The first-order chi connectivity index (χ1) is 18.5. The second-order valence-corrected chi connectivity index (χ2v) is 9.47. The molecule has 5 aromatic rings. The molecule has 0 saturated heterocycles. The quantitative estimate of drug-likeness (QED) is 0.252. The number of aromatic nitrogens is 2. The Labute approximate surface area is 227 Å². The van der Waals surface area contributed by atoms with E-state index in [4.69, 9.17) is 16.6 Å². The van der Waals surface area contributed by atoms with Crippen LogP contribution in [-0.4, -0.2) is 28.2 Å². The van der Waals surface area contributed by atoms with Crippen molar-refractivity contribution in [3.63, 3.8) is 0 Å². The predicted molar refractivity (Wildman–Crippen MR) is 153 cm³/mol. The van der Waals surface area contributed by atoms with Crippen molar-refractivity contribution in [2.45, 2.75) is 19.4 Å². The summed E-state index contributed by atoms with van der Waals surface area (Å²) in [7, 11) is 0. The van der Waals surface area contributed by atoms with Gasteiger partial charge in [0.1, 0.15) is 17.5 Å². The van der Waals surface area contributed by atoms with Crippen molar-refractivity contribution in [2.75, 3.05) is 18.0 Å². The first-order valence-electron chi connectivity index (χ1n) is 12.6. The summed E-state index contributed by atoms with van der Waals surface area (Å²) in [5.41, 5.74) is 3.15. The Hall–Kier alpha value is -4.24. The first-order valence-corrected chi connectivity index (χ1v) is 13.0. The lowest BCUT2D eigenvalue weighted by Crippen LogP contribution is -2.29. The van der Waals surface area contributed by atoms with Crippen LogP contribution < -0.4 is 4.90 Å². The number of nitrogens with zero attached hydrogens (tertiary/aromatic N) is 4. The minimum atomic E-state index is -1.55. The first kappa shape index (κ1) is 25.4. The van der Waals surface area contributed by atoms with Crippen LogP contribution in [0, 0.1) is 11.3 Å². The SMILES string of the molecule is CCN(CC)c1nc2ccc(C(O)(c3cccnc3)c3cccc(Cl)c3)cc2c(C#N)c1-c1ccccc1. The van der Waals surface area contributed by atoms with Crippen molar-refractivity contribution in [3.8, 4) is 17.2 Å². The Morgan fingerprint density at radius 1 is 0.895 bits per heavy atom. The zero-order valence-corrected chi connectivity index (χ0v) is 22.0. The molecule has 3 aromatic carbocycles. The fraction of sp³-hybridized carbons (Fsp3) is 0.156. The molecule has 0 aliphatic carbocycles.